The van der Waals surface area contributed by atoms with Gasteiger partial charge in [-0.15, -0.1) is 0 Å². The molecule has 4 nitrogen and oxygen atoms in total. The summed E-state index contributed by atoms with van der Waals surface area (Å²) in [4.78, 5) is 0. The Hall–Kier alpha value is -0.130. The van der Waals surface area contributed by atoms with Gasteiger partial charge in [0.05, 0.1) is 5.25 Å². The summed E-state index contributed by atoms with van der Waals surface area (Å²) < 4.78 is 25.8. The second kappa shape index (κ2) is 5.24. The number of hydrogen-bond acceptors (Lipinski definition) is 3. The molecule has 0 spiro atoms. The molecule has 17 heavy (non-hydrogen) atoms. The fourth-order valence-electron chi connectivity index (χ4n) is 2.35. The summed E-state index contributed by atoms with van der Waals surface area (Å²) >= 11 is 0. The maximum atomic E-state index is 12.0. The normalized spacial score (nSPS) is 24.4. The van der Waals surface area contributed by atoms with Gasteiger partial charge in [0, 0.05) is 19.1 Å². The second-order valence-electron chi connectivity index (χ2n) is 5.65. The molecule has 2 rings (SSSR count). The first kappa shape index (κ1) is 13.3. The molecule has 1 saturated heterocycles. The lowest BCUT2D eigenvalue weighted by Crippen LogP contribution is -2.42. The van der Waals surface area contributed by atoms with E-state index in [0.29, 0.717) is 12.0 Å². The lowest BCUT2D eigenvalue weighted by Gasteiger charge is -2.31. The van der Waals surface area contributed by atoms with Crippen molar-refractivity contribution < 1.29 is 8.42 Å². The summed E-state index contributed by atoms with van der Waals surface area (Å²) in [5.41, 5.74) is 0. The SMILES string of the molecule is CC(C)NCC1CCN(S(=O)(=O)C2CC2)CC1. The first-order valence-electron chi connectivity index (χ1n) is 6.72. The predicted molar refractivity (Wildman–Crippen MR) is 69.4 cm³/mol. The summed E-state index contributed by atoms with van der Waals surface area (Å²) in [6.45, 7) is 6.76. The van der Waals surface area contributed by atoms with E-state index < -0.39 is 10.0 Å². The van der Waals surface area contributed by atoms with E-state index in [1.54, 1.807) is 4.31 Å². The number of nitrogens with zero attached hydrogens (tertiary/aromatic N) is 1. The topological polar surface area (TPSA) is 49.4 Å². The highest BCUT2D eigenvalue weighted by Crippen LogP contribution is 2.32. The van der Waals surface area contributed by atoms with Crippen LogP contribution in [0.2, 0.25) is 0 Å². The van der Waals surface area contributed by atoms with Crippen molar-refractivity contribution >= 4 is 10.0 Å². The van der Waals surface area contributed by atoms with Gasteiger partial charge in [0.15, 0.2) is 0 Å². The molecule has 2 aliphatic rings. The molecule has 0 aromatic heterocycles. The van der Waals surface area contributed by atoms with E-state index in [2.05, 4.69) is 19.2 Å². The third-order valence-corrected chi connectivity index (χ3v) is 6.09. The van der Waals surface area contributed by atoms with Crippen LogP contribution in [-0.2, 0) is 10.0 Å². The fourth-order valence-corrected chi connectivity index (χ4v) is 4.22. The zero-order valence-electron chi connectivity index (χ0n) is 10.9. The maximum absolute atomic E-state index is 12.0. The van der Waals surface area contributed by atoms with Gasteiger partial charge in [0.1, 0.15) is 0 Å². The molecule has 1 N–H and O–H groups in total. The zero-order valence-corrected chi connectivity index (χ0v) is 11.7. The van der Waals surface area contributed by atoms with Crippen molar-refractivity contribution in [3.63, 3.8) is 0 Å². The monoisotopic (exact) mass is 260 g/mol. The van der Waals surface area contributed by atoms with Crippen LogP contribution in [-0.4, -0.2) is 43.6 Å². The molecular weight excluding hydrogens is 236 g/mol. The molecule has 0 amide bonds. The Morgan fingerprint density at radius 2 is 1.76 bits per heavy atom. The fraction of sp³-hybridized carbons (Fsp3) is 1.00. The third-order valence-electron chi connectivity index (χ3n) is 3.69. The first-order valence-corrected chi connectivity index (χ1v) is 8.23. The zero-order chi connectivity index (χ0) is 12.5. The van der Waals surface area contributed by atoms with Crippen LogP contribution in [0.1, 0.15) is 39.5 Å². The largest absolute Gasteiger partial charge is 0.314 e. The quantitative estimate of drug-likeness (QED) is 0.808. The molecular formula is C12H24N2O2S. The van der Waals surface area contributed by atoms with Crippen molar-refractivity contribution in [1.82, 2.24) is 9.62 Å². The molecule has 0 aromatic carbocycles. The molecule has 0 aromatic rings. The highest BCUT2D eigenvalue weighted by atomic mass is 32.2. The van der Waals surface area contributed by atoms with Gasteiger partial charge in [-0.3, -0.25) is 0 Å². The third kappa shape index (κ3) is 3.42. The van der Waals surface area contributed by atoms with E-state index in [1.165, 1.54) is 0 Å². The lowest BCUT2D eigenvalue weighted by molar-refractivity contribution is 0.263. The van der Waals surface area contributed by atoms with Crippen molar-refractivity contribution in [3.05, 3.63) is 0 Å². The molecule has 100 valence electrons. The Balaban J connectivity index is 1.78. The molecule has 2 fully saturated rings. The number of rotatable bonds is 5. The van der Waals surface area contributed by atoms with Gasteiger partial charge in [0.25, 0.3) is 0 Å². The molecule has 1 aliphatic heterocycles. The highest BCUT2D eigenvalue weighted by molar-refractivity contribution is 7.90. The Labute approximate surface area is 105 Å². The maximum Gasteiger partial charge on any atom is 0.216 e. The Bertz CT molecular complexity index is 342. The highest BCUT2D eigenvalue weighted by Gasteiger charge is 2.40. The van der Waals surface area contributed by atoms with Gasteiger partial charge in [-0.25, -0.2) is 12.7 Å². The van der Waals surface area contributed by atoms with Crippen LogP contribution in [0.15, 0.2) is 0 Å². The molecule has 1 aliphatic carbocycles. The van der Waals surface area contributed by atoms with Gasteiger partial charge < -0.3 is 5.32 Å². The van der Waals surface area contributed by atoms with E-state index in [0.717, 1.165) is 45.3 Å². The average molecular weight is 260 g/mol. The summed E-state index contributed by atoms with van der Waals surface area (Å²) in [7, 11) is -2.93. The predicted octanol–water partition coefficient (Wildman–Crippen LogP) is 1.19. The first-order chi connectivity index (χ1) is 8.00. The van der Waals surface area contributed by atoms with Crippen LogP contribution in [0.4, 0.5) is 0 Å². The average Bonchev–Trinajstić information content (AvgIpc) is 3.11. The lowest BCUT2D eigenvalue weighted by atomic mass is 9.98. The smallest absolute Gasteiger partial charge is 0.216 e. The number of hydrogen-bond donors (Lipinski definition) is 1. The van der Waals surface area contributed by atoms with E-state index >= 15 is 0 Å². The standard InChI is InChI=1S/C12H24N2O2S/c1-10(2)13-9-11-5-7-14(8-6-11)17(15,16)12-3-4-12/h10-13H,3-9H2,1-2H3. The minimum atomic E-state index is -2.93. The van der Waals surface area contributed by atoms with Crippen LogP contribution in [0.5, 0.6) is 0 Å². The number of piperidine rings is 1. The Kier molecular flexibility index (Phi) is 4.10. The van der Waals surface area contributed by atoms with E-state index in [4.69, 9.17) is 0 Å². The molecule has 1 heterocycles. The van der Waals surface area contributed by atoms with Crippen molar-refractivity contribution in [2.45, 2.75) is 50.8 Å². The molecule has 0 unspecified atom stereocenters. The van der Waals surface area contributed by atoms with Crippen molar-refractivity contribution in [3.8, 4) is 0 Å². The van der Waals surface area contributed by atoms with Crippen LogP contribution in [0.3, 0.4) is 0 Å². The molecule has 1 saturated carbocycles. The van der Waals surface area contributed by atoms with Crippen LogP contribution in [0.25, 0.3) is 0 Å². The minimum absolute atomic E-state index is 0.0483. The van der Waals surface area contributed by atoms with Gasteiger partial charge in [0.2, 0.25) is 10.0 Å². The van der Waals surface area contributed by atoms with E-state index in [9.17, 15) is 8.42 Å². The summed E-state index contributed by atoms with van der Waals surface area (Å²) in [5, 5.41) is 3.39. The summed E-state index contributed by atoms with van der Waals surface area (Å²) in [5.74, 6) is 0.642. The van der Waals surface area contributed by atoms with Gasteiger partial charge >= 0.3 is 0 Å². The van der Waals surface area contributed by atoms with Crippen LogP contribution >= 0.6 is 0 Å². The molecule has 0 bridgehead atoms. The summed E-state index contributed by atoms with van der Waals surface area (Å²) in [6.07, 6.45) is 3.76. The minimum Gasteiger partial charge on any atom is -0.314 e. The molecule has 5 heteroatoms. The molecule has 0 radical (unpaired) electrons. The van der Waals surface area contributed by atoms with Crippen LogP contribution in [0, 0.1) is 5.92 Å². The van der Waals surface area contributed by atoms with Crippen molar-refractivity contribution in [1.29, 1.82) is 0 Å². The molecule has 0 atom stereocenters. The number of nitrogens with one attached hydrogen (secondary N) is 1. The Morgan fingerprint density at radius 3 is 2.24 bits per heavy atom. The van der Waals surface area contributed by atoms with Gasteiger partial charge in [-0.05, 0) is 38.1 Å². The Morgan fingerprint density at radius 1 is 1.18 bits per heavy atom. The van der Waals surface area contributed by atoms with Crippen LogP contribution < -0.4 is 5.32 Å². The van der Waals surface area contributed by atoms with E-state index in [-0.39, 0.29) is 5.25 Å². The van der Waals surface area contributed by atoms with Gasteiger partial charge in [-0.1, -0.05) is 13.8 Å². The van der Waals surface area contributed by atoms with Gasteiger partial charge in [-0.2, -0.15) is 0 Å². The van der Waals surface area contributed by atoms with Crippen molar-refractivity contribution in [2.24, 2.45) is 5.92 Å². The second-order valence-corrected chi connectivity index (χ2v) is 7.86. The number of sulfonamides is 1. The summed E-state index contributed by atoms with van der Waals surface area (Å²) in [6, 6.07) is 0.517. The van der Waals surface area contributed by atoms with Crippen molar-refractivity contribution in [2.75, 3.05) is 19.6 Å². The van der Waals surface area contributed by atoms with E-state index in [1.807, 2.05) is 0 Å².